The van der Waals surface area contributed by atoms with E-state index in [9.17, 15) is 24.8 Å². The van der Waals surface area contributed by atoms with Crippen molar-refractivity contribution in [1.82, 2.24) is 4.90 Å². The van der Waals surface area contributed by atoms with E-state index in [0.717, 1.165) is 6.42 Å². The van der Waals surface area contributed by atoms with Gasteiger partial charge in [0.1, 0.15) is 11.5 Å². The molecule has 1 aliphatic heterocycles. The van der Waals surface area contributed by atoms with Gasteiger partial charge in [0, 0.05) is 29.8 Å². The van der Waals surface area contributed by atoms with E-state index in [2.05, 4.69) is 0 Å². The Morgan fingerprint density at radius 3 is 2.56 bits per heavy atom. The summed E-state index contributed by atoms with van der Waals surface area (Å²) in [6, 6.07) is 11.6. The molecule has 0 aliphatic carbocycles. The zero-order valence-corrected chi connectivity index (χ0v) is 18.3. The second-order valence-corrected chi connectivity index (χ2v) is 7.86. The number of ketones is 1. The fourth-order valence-electron chi connectivity index (χ4n) is 3.75. The zero-order valence-electron chi connectivity index (χ0n) is 18.3. The van der Waals surface area contributed by atoms with Gasteiger partial charge in [-0.2, -0.15) is 0 Å². The summed E-state index contributed by atoms with van der Waals surface area (Å²) in [5.74, 6) is -1.49. The van der Waals surface area contributed by atoms with Crippen molar-refractivity contribution in [2.45, 2.75) is 45.8 Å². The molecule has 1 aliphatic rings. The molecule has 168 valence electrons. The van der Waals surface area contributed by atoms with Gasteiger partial charge >= 0.3 is 0 Å². The molecule has 3 rings (SSSR count). The van der Waals surface area contributed by atoms with E-state index in [4.69, 9.17) is 4.74 Å². The number of ether oxygens (including phenoxy) is 1. The first-order chi connectivity index (χ1) is 15.3. The molecule has 0 saturated carbocycles. The van der Waals surface area contributed by atoms with Crippen molar-refractivity contribution in [3.63, 3.8) is 0 Å². The fraction of sp³-hybridized carbons (Fsp3) is 0.333. The smallest absolute Gasteiger partial charge is 0.295 e. The molecule has 1 heterocycles. The molecule has 8 heteroatoms. The van der Waals surface area contributed by atoms with Crippen molar-refractivity contribution in [3.8, 4) is 5.75 Å². The fourth-order valence-corrected chi connectivity index (χ4v) is 3.75. The Labute approximate surface area is 186 Å². The quantitative estimate of drug-likeness (QED) is 0.212. The summed E-state index contributed by atoms with van der Waals surface area (Å²) in [5, 5.41) is 22.3. The van der Waals surface area contributed by atoms with Gasteiger partial charge in [-0.15, -0.1) is 0 Å². The molecule has 1 fully saturated rings. The lowest BCUT2D eigenvalue weighted by Gasteiger charge is -2.27. The van der Waals surface area contributed by atoms with E-state index in [0.29, 0.717) is 24.3 Å². The third-order valence-electron chi connectivity index (χ3n) is 5.20. The van der Waals surface area contributed by atoms with Crippen LogP contribution < -0.4 is 4.74 Å². The summed E-state index contributed by atoms with van der Waals surface area (Å²) in [4.78, 5) is 38.0. The second kappa shape index (κ2) is 9.64. The standard InChI is InChI=1S/C24H26N2O6/c1-4-5-13-25-21(18-11-6-7-12-19(18)32-15(2)3)20(23(28)24(25)29)22(27)16-9-8-10-17(14-16)26(30)31/h6-12,14-15,21,27H,4-5,13H2,1-3H3/b22-20-. The van der Waals surface area contributed by atoms with E-state index < -0.39 is 28.4 Å². The van der Waals surface area contributed by atoms with E-state index in [1.165, 1.54) is 29.2 Å². The molecular weight excluding hydrogens is 412 g/mol. The zero-order chi connectivity index (χ0) is 23.4. The molecule has 8 nitrogen and oxygen atoms in total. The Bertz CT molecular complexity index is 1080. The second-order valence-electron chi connectivity index (χ2n) is 7.86. The number of hydrogen-bond acceptors (Lipinski definition) is 6. The number of likely N-dealkylation sites (tertiary alicyclic amines) is 1. The number of nitro benzene ring substituents is 1. The number of amides is 1. The summed E-state index contributed by atoms with van der Waals surface area (Å²) in [7, 11) is 0. The number of aliphatic hydroxyl groups excluding tert-OH is 1. The highest BCUT2D eigenvalue weighted by Crippen LogP contribution is 2.43. The maximum Gasteiger partial charge on any atom is 0.295 e. The van der Waals surface area contributed by atoms with Crippen molar-refractivity contribution >= 4 is 23.1 Å². The lowest BCUT2D eigenvalue weighted by molar-refractivity contribution is -0.384. The van der Waals surface area contributed by atoms with Crippen molar-refractivity contribution in [2.75, 3.05) is 6.54 Å². The van der Waals surface area contributed by atoms with Crippen molar-refractivity contribution < 1.29 is 24.4 Å². The number of non-ortho nitro benzene ring substituents is 1. The molecule has 1 atom stereocenters. The van der Waals surface area contributed by atoms with Gasteiger partial charge in [0.15, 0.2) is 0 Å². The van der Waals surface area contributed by atoms with Crippen LogP contribution in [-0.2, 0) is 9.59 Å². The lowest BCUT2D eigenvalue weighted by atomic mass is 9.94. The minimum absolute atomic E-state index is 0.0972. The van der Waals surface area contributed by atoms with Gasteiger partial charge in [0.2, 0.25) is 0 Å². The summed E-state index contributed by atoms with van der Waals surface area (Å²) < 4.78 is 5.92. The molecular formula is C24H26N2O6. The number of para-hydroxylation sites is 1. The molecule has 0 aromatic heterocycles. The number of nitro groups is 1. The molecule has 1 saturated heterocycles. The van der Waals surface area contributed by atoms with Gasteiger partial charge in [-0.25, -0.2) is 0 Å². The third-order valence-corrected chi connectivity index (χ3v) is 5.20. The number of unbranched alkanes of at least 4 members (excludes halogenated alkanes) is 1. The van der Waals surface area contributed by atoms with Gasteiger partial charge < -0.3 is 14.7 Å². The molecule has 0 bridgehead atoms. The summed E-state index contributed by atoms with van der Waals surface area (Å²) >= 11 is 0. The van der Waals surface area contributed by atoms with Crippen LogP contribution in [0.3, 0.4) is 0 Å². The van der Waals surface area contributed by atoms with Gasteiger partial charge in [-0.05, 0) is 26.3 Å². The molecule has 2 aromatic carbocycles. The maximum atomic E-state index is 13.0. The van der Waals surface area contributed by atoms with Crippen LogP contribution in [0.25, 0.3) is 5.76 Å². The first-order valence-electron chi connectivity index (χ1n) is 10.5. The van der Waals surface area contributed by atoms with Gasteiger partial charge in [-0.3, -0.25) is 19.7 Å². The van der Waals surface area contributed by atoms with E-state index >= 15 is 0 Å². The molecule has 1 unspecified atom stereocenters. The molecule has 0 radical (unpaired) electrons. The van der Waals surface area contributed by atoms with Gasteiger partial charge in [0.05, 0.1) is 22.6 Å². The van der Waals surface area contributed by atoms with E-state index in [1.54, 1.807) is 24.3 Å². The number of carbonyl (C=O) groups is 2. The average Bonchev–Trinajstić information content (AvgIpc) is 3.01. The Balaban J connectivity index is 2.22. The van der Waals surface area contributed by atoms with Crippen molar-refractivity contribution in [3.05, 3.63) is 75.3 Å². The van der Waals surface area contributed by atoms with E-state index in [1.807, 2.05) is 20.8 Å². The van der Waals surface area contributed by atoms with Crippen molar-refractivity contribution in [1.29, 1.82) is 0 Å². The Kier molecular flexibility index (Phi) is 6.92. The van der Waals surface area contributed by atoms with Crippen LogP contribution in [0, 0.1) is 10.1 Å². The largest absolute Gasteiger partial charge is 0.507 e. The highest BCUT2D eigenvalue weighted by Gasteiger charge is 2.46. The van der Waals surface area contributed by atoms with Crippen LogP contribution in [0.15, 0.2) is 54.1 Å². The minimum Gasteiger partial charge on any atom is -0.507 e. The van der Waals surface area contributed by atoms with Crippen LogP contribution in [-0.4, -0.2) is 39.3 Å². The number of Topliss-reactive ketones (excluding diaryl/α,β-unsaturated/α-hetero) is 1. The average molecular weight is 438 g/mol. The topological polar surface area (TPSA) is 110 Å². The molecule has 0 spiro atoms. The van der Waals surface area contributed by atoms with Crippen LogP contribution in [0.2, 0.25) is 0 Å². The SMILES string of the molecule is CCCCN1C(=O)C(=O)/C(=C(\O)c2cccc([N+](=O)[O-])c2)C1c1ccccc1OC(C)C. The van der Waals surface area contributed by atoms with Gasteiger partial charge in [0.25, 0.3) is 17.4 Å². The molecule has 2 aromatic rings. The highest BCUT2D eigenvalue weighted by molar-refractivity contribution is 6.46. The minimum atomic E-state index is -0.865. The Hall–Kier alpha value is -3.68. The third kappa shape index (κ3) is 4.49. The number of nitrogens with zero attached hydrogens (tertiary/aromatic N) is 2. The first-order valence-corrected chi connectivity index (χ1v) is 10.5. The lowest BCUT2D eigenvalue weighted by Crippen LogP contribution is -2.31. The Morgan fingerprint density at radius 2 is 1.91 bits per heavy atom. The predicted octanol–water partition coefficient (Wildman–Crippen LogP) is 4.60. The Morgan fingerprint density at radius 1 is 1.19 bits per heavy atom. The normalized spacial score (nSPS) is 17.8. The van der Waals surface area contributed by atoms with E-state index in [-0.39, 0.29) is 22.9 Å². The summed E-state index contributed by atoms with van der Waals surface area (Å²) in [6.07, 6.45) is 1.34. The summed E-state index contributed by atoms with van der Waals surface area (Å²) in [6.45, 7) is 6.04. The molecule has 1 amide bonds. The number of aliphatic hydroxyl groups is 1. The predicted molar refractivity (Wildman–Crippen MR) is 119 cm³/mol. The van der Waals surface area contributed by atoms with Crippen LogP contribution in [0.5, 0.6) is 5.75 Å². The van der Waals surface area contributed by atoms with Crippen LogP contribution >= 0.6 is 0 Å². The van der Waals surface area contributed by atoms with Crippen LogP contribution in [0.1, 0.15) is 50.8 Å². The van der Waals surface area contributed by atoms with Crippen molar-refractivity contribution in [2.24, 2.45) is 0 Å². The first kappa shape index (κ1) is 23.0. The van der Waals surface area contributed by atoms with Gasteiger partial charge in [-0.1, -0.05) is 43.7 Å². The molecule has 32 heavy (non-hydrogen) atoms. The molecule has 1 N–H and O–H groups in total. The monoisotopic (exact) mass is 438 g/mol. The number of rotatable bonds is 8. The number of benzene rings is 2. The highest BCUT2D eigenvalue weighted by atomic mass is 16.6. The number of hydrogen-bond donors (Lipinski definition) is 1. The summed E-state index contributed by atoms with van der Waals surface area (Å²) in [5.41, 5.74) is 0.337. The number of carbonyl (C=O) groups excluding carboxylic acids is 2. The maximum absolute atomic E-state index is 13.0. The van der Waals surface area contributed by atoms with Crippen LogP contribution in [0.4, 0.5) is 5.69 Å².